The molecule has 0 amide bonds. The largest absolute Gasteiger partial charge is 0.481 e. The lowest BCUT2D eigenvalue weighted by atomic mass is 10.2. The SMILES string of the molecule is CC(=O)O.CC(=O)n1c(SCc2ccccc2S)nc2ccccc21. The predicted molar refractivity (Wildman–Crippen MR) is 103 cm³/mol. The molecule has 0 spiro atoms. The molecule has 130 valence electrons. The van der Waals surface area contributed by atoms with Crippen LogP contribution in [0.5, 0.6) is 0 Å². The number of fused-ring (bicyclic) bond motifs is 1. The molecule has 1 aromatic heterocycles. The Kier molecular flexibility index (Phi) is 6.66. The number of para-hydroxylation sites is 2. The van der Waals surface area contributed by atoms with Gasteiger partial charge < -0.3 is 5.11 Å². The quantitative estimate of drug-likeness (QED) is 0.526. The second-order valence-electron chi connectivity index (χ2n) is 5.17. The number of carbonyl (C=O) groups is 2. The lowest BCUT2D eigenvalue weighted by Gasteiger charge is -2.06. The van der Waals surface area contributed by atoms with E-state index in [0.29, 0.717) is 0 Å². The number of aliphatic carboxylic acids is 1. The minimum absolute atomic E-state index is 0.0228. The number of rotatable bonds is 3. The second-order valence-corrected chi connectivity index (χ2v) is 6.60. The van der Waals surface area contributed by atoms with E-state index in [9.17, 15) is 4.79 Å². The van der Waals surface area contributed by atoms with Crippen molar-refractivity contribution in [3.05, 3.63) is 54.1 Å². The number of hydrogen-bond donors (Lipinski definition) is 2. The molecule has 2 aromatic carbocycles. The van der Waals surface area contributed by atoms with Crippen LogP contribution in [0.2, 0.25) is 0 Å². The first kappa shape index (κ1) is 19.1. The van der Waals surface area contributed by atoms with Crippen LogP contribution in [-0.4, -0.2) is 26.5 Å². The van der Waals surface area contributed by atoms with Crippen LogP contribution >= 0.6 is 24.4 Å². The first-order valence-corrected chi connectivity index (χ1v) is 8.91. The van der Waals surface area contributed by atoms with Crippen molar-refractivity contribution < 1.29 is 14.7 Å². The van der Waals surface area contributed by atoms with E-state index >= 15 is 0 Å². The van der Waals surface area contributed by atoms with Crippen LogP contribution in [0.1, 0.15) is 24.2 Å². The maximum Gasteiger partial charge on any atom is 0.300 e. The van der Waals surface area contributed by atoms with Gasteiger partial charge in [0, 0.05) is 24.5 Å². The number of thiol groups is 1. The van der Waals surface area contributed by atoms with Gasteiger partial charge in [0.15, 0.2) is 5.16 Å². The number of hydrogen-bond acceptors (Lipinski definition) is 5. The Morgan fingerprint density at radius 3 is 2.36 bits per heavy atom. The molecule has 3 aromatic rings. The molecule has 0 saturated carbocycles. The van der Waals surface area contributed by atoms with Crippen molar-refractivity contribution in [2.75, 3.05) is 0 Å². The Labute approximate surface area is 155 Å². The third-order valence-corrected chi connectivity index (χ3v) is 4.62. The lowest BCUT2D eigenvalue weighted by Crippen LogP contribution is -2.06. The molecule has 0 unspecified atom stereocenters. The zero-order valence-corrected chi connectivity index (χ0v) is 15.6. The van der Waals surface area contributed by atoms with Crippen molar-refractivity contribution >= 4 is 47.3 Å². The molecule has 0 fully saturated rings. The number of carbonyl (C=O) groups excluding carboxylic acids is 1. The summed E-state index contributed by atoms with van der Waals surface area (Å²) >= 11 is 6.00. The van der Waals surface area contributed by atoms with Gasteiger partial charge in [0.1, 0.15) is 0 Å². The molecule has 0 aliphatic rings. The van der Waals surface area contributed by atoms with E-state index in [2.05, 4.69) is 17.6 Å². The lowest BCUT2D eigenvalue weighted by molar-refractivity contribution is -0.134. The van der Waals surface area contributed by atoms with E-state index in [1.54, 1.807) is 23.3 Å². The molecule has 3 rings (SSSR count). The van der Waals surface area contributed by atoms with Crippen LogP contribution in [0.3, 0.4) is 0 Å². The van der Waals surface area contributed by atoms with Gasteiger partial charge in [0.2, 0.25) is 5.91 Å². The molecule has 0 bridgehead atoms. The highest BCUT2D eigenvalue weighted by Gasteiger charge is 2.14. The highest BCUT2D eigenvalue weighted by Crippen LogP contribution is 2.28. The number of imidazole rings is 1. The highest BCUT2D eigenvalue weighted by molar-refractivity contribution is 7.98. The fourth-order valence-electron chi connectivity index (χ4n) is 2.18. The van der Waals surface area contributed by atoms with Crippen LogP contribution in [-0.2, 0) is 10.5 Å². The molecule has 0 atom stereocenters. The fraction of sp³-hybridized carbons (Fsp3) is 0.167. The summed E-state index contributed by atoms with van der Waals surface area (Å²) in [6.07, 6.45) is 0. The zero-order chi connectivity index (χ0) is 18.4. The number of nitrogens with zero attached hydrogens (tertiary/aromatic N) is 2. The van der Waals surface area contributed by atoms with E-state index in [-0.39, 0.29) is 5.91 Å². The van der Waals surface area contributed by atoms with E-state index in [4.69, 9.17) is 9.90 Å². The molecule has 0 aliphatic carbocycles. The molecule has 0 radical (unpaired) electrons. The Morgan fingerprint density at radius 1 is 1.12 bits per heavy atom. The molecule has 5 nitrogen and oxygen atoms in total. The molecule has 7 heteroatoms. The van der Waals surface area contributed by atoms with Gasteiger partial charge in [0.25, 0.3) is 5.97 Å². The summed E-state index contributed by atoms with van der Waals surface area (Å²) in [6.45, 7) is 2.64. The van der Waals surface area contributed by atoms with Gasteiger partial charge in [-0.3, -0.25) is 14.2 Å². The zero-order valence-electron chi connectivity index (χ0n) is 13.8. The summed E-state index contributed by atoms with van der Waals surface area (Å²) in [4.78, 5) is 26.4. The average molecular weight is 374 g/mol. The highest BCUT2D eigenvalue weighted by atomic mass is 32.2. The van der Waals surface area contributed by atoms with Gasteiger partial charge in [-0.2, -0.15) is 0 Å². The summed E-state index contributed by atoms with van der Waals surface area (Å²) in [6, 6.07) is 15.6. The summed E-state index contributed by atoms with van der Waals surface area (Å²) < 4.78 is 1.67. The summed E-state index contributed by atoms with van der Waals surface area (Å²) in [5.74, 6) is -0.124. The van der Waals surface area contributed by atoms with Crippen LogP contribution in [0, 0.1) is 0 Å². The number of benzene rings is 2. The van der Waals surface area contributed by atoms with Gasteiger partial charge in [-0.05, 0) is 23.8 Å². The van der Waals surface area contributed by atoms with Crippen molar-refractivity contribution in [1.29, 1.82) is 0 Å². The summed E-state index contributed by atoms with van der Waals surface area (Å²) in [7, 11) is 0. The monoisotopic (exact) mass is 374 g/mol. The van der Waals surface area contributed by atoms with Gasteiger partial charge >= 0.3 is 0 Å². The topological polar surface area (TPSA) is 72.2 Å². The standard InChI is InChI=1S/C16H14N2OS2.C2H4O2/c1-11(19)18-14-8-4-3-7-13(14)17-16(18)21-10-12-6-2-5-9-15(12)20;1-2(3)4/h2-9,20H,10H2,1H3;1H3,(H,3,4). The number of aromatic nitrogens is 2. The molecular formula is C18H18N2O3S2. The maximum atomic E-state index is 11.9. The van der Waals surface area contributed by atoms with Crippen molar-refractivity contribution in [2.45, 2.75) is 29.7 Å². The number of carboxylic acid groups (broad SMARTS) is 1. The fourth-order valence-corrected chi connectivity index (χ4v) is 3.58. The number of thioether (sulfide) groups is 1. The first-order chi connectivity index (χ1) is 11.9. The van der Waals surface area contributed by atoms with Gasteiger partial charge in [0.05, 0.1) is 11.0 Å². The maximum absolute atomic E-state index is 11.9. The summed E-state index contributed by atoms with van der Waals surface area (Å²) in [5, 5.41) is 8.14. The summed E-state index contributed by atoms with van der Waals surface area (Å²) in [5.41, 5.74) is 2.83. The minimum atomic E-state index is -0.833. The Bertz CT molecular complexity index is 902. The smallest absolute Gasteiger partial charge is 0.300 e. The van der Waals surface area contributed by atoms with E-state index < -0.39 is 5.97 Å². The van der Waals surface area contributed by atoms with Gasteiger partial charge in [-0.25, -0.2) is 4.98 Å². The van der Waals surface area contributed by atoms with E-state index in [1.165, 1.54) is 0 Å². The van der Waals surface area contributed by atoms with Crippen molar-refractivity contribution in [1.82, 2.24) is 9.55 Å². The second kappa shape index (κ2) is 8.73. The first-order valence-electron chi connectivity index (χ1n) is 7.47. The average Bonchev–Trinajstić information content (AvgIpc) is 2.92. The van der Waals surface area contributed by atoms with Crippen LogP contribution in [0.4, 0.5) is 0 Å². The third-order valence-electron chi connectivity index (χ3n) is 3.19. The predicted octanol–water partition coefficient (Wildman–Crippen LogP) is 4.37. The van der Waals surface area contributed by atoms with Crippen LogP contribution < -0.4 is 0 Å². The van der Waals surface area contributed by atoms with Crippen molar-refractivity contribution in [2.24, 2.45) is 0 Å². The Hall–Kier alpha value is -2.25. The molecular weight excluding hydrogens is 356 g/mol. The van der Waals surface area contributed by atoms with E-state index in [1.807, 2.05) is 48.5 Å². The van der Waals surface area contributed by atoms with Crippen molar-refractivity contribution in [3.63, 3.8) is 0 Å². The van der Waals surface area contributed by atoms with Gasteiger partial charge in [-0.1, -0.05) is 42.1 Å². The molecule has 0 aliphatic heterocycles. The molecule has 25 heavy (non-hydrogen) atoms. The third kappa shape index (κ3) is 5.11. The van der Waals surface area contributed by atoms with Crippen LogP contribution in [0.25, 0.3) is 11.0 Å². The van der Waals surface area contributed by atoms with Crippen molar-refractivity contribution in [3.8, 4) is 0 Å². The Morgan fingerprint density at radius 2 is 1.72 bits per heavy atom. The minimum Gasteiger partial charge on any atom is -0.481 e. The Balaban J connectivity index is 0.000000511. The molecule has 1 heterocycles. The molecule has 1 N–H and O–H groups in total. The molecule has 0 saturated heterocycles. The van der Waals surface area contributed by atoms with E-state index in [0.717, 1.165) is 39.3 Å². The van der Waals surface area contributed by atoms with Crippen LogP contribution in [0.15, 0.2) is 58.6 Å². The van der Waals surface area contributed by atoms with Gasteiger partial charge in [-0.15, -0.1) is 12.6 Å². The number of carboxylic acids is 1. The normalized spacial score (nSPS) is 10.2.